The second-order valence-electron chi connectivity index (χ2n) is 3.99. The van der Waals surface area contributed by atoms with Gasteiger partial charge in [-0.25, -0.2) is 0 Å². The molecule has 0 saturated carbocycles. The van der Waals surface area contributed by atoms with Gasteiger partial charge in [0.15, 0.2) is 0 Å². The highest BCUT2D eigenvalue weighted by Gasteiger charge is 2.11. The lowest BCUT2D eigenvalue weighted by molar-refractivity contribution is 0.0941. The largest absolute Gasteiger partial charge is 0.397 e. The maximum absolute atomic E-state index is 12.0. The van der Waals surface area contributed by atoms with Gasteiger partial charge in [0.05, 0.1) is 5.69 Å². The average molecular weight is 244 g/mol. The molecule has 5 heteroatoms. The molecule has 1 amide bonds. The summed E-state index contributed by atoms with van der Waals surface area (Å²) in [7, 11) is 0. The maximum atomic E-state index is 12.0. The second-order valence-corrected chi connectivity index (χ2v) is 3.99. The molecule has 0 bridgehead atoms. The smallest absolute Gasteiger partial charge is 0.268 e. The molecule has 0 saturated heterocycles. The molecule has 2 aromatic rings. The number of aryl methyl sites for hydroxylation is 1. The van der Waals surface area contributed by atoms with Crippen molar-refractivity contribution in [2.75, 3.05) is 5.73 Å². The molecule has 0 aliphatic carbocycles. The average Bonchev–Trinajstić information content (AvgIpc) is 2.78. The van der Waals surface area contributed by atoms with E-state index in [1.54, 1.807) is 24.7 Å². The summed E-state index contributed by atoms with van der Waals surface area (Å²) in [5.41, 5.74) is 7.84. The van der Waals surface area contributed by atoms with E-state index < -0.39 is 0 Å². The number of nitrogen functional groups attached to an aromatic ring is 1. The minimum Gasteiger partial charge on any atom is -0.397 e. The summed E-state index contributed by atoms with van der Waals surface area (Å²) >= 11 is 0. The van der Waals surface area contributed by atoms with Gasteiger partial charge in [-0.2, -0.15) is 0 Å². The van der Waals surface area contributed by atoms with Gasteiger partial charge >= 0.3 is 0 Å². The van der Waals surface area contributed by atoms with Crippen LogP contribution in [0.4, 0.5) is 5.69 Å². The molecule has 0 aliphatic rings. The number of aromatic nitrogens is 2. The highest BCUT2D eigenvalue weighted by Crippen LogP contribution is 2.10. The molecular formula is C13H16N4O. The van der Waals surface area contributed by atoms with Crippen molar-refractivity contribution in [1.29, 1.82) is 0 Å². The maximum Gasteiger partial charge on any atom is 0.268 e. The minimum absolute atomic E-state index is 0.127. The summed E-state index contributed by atoms with van der Waals surface area (Å²) in [6.07, 6.45) is 5.20. The van der Waals surface area contributed by atoms with E-state index in [1.165, 1.54) is 0 Å². The lowest BCUT2D eigenvalue weighted by atomic mass is 10.3. The Labute approximate surface area is 106 Å². The summed E-state index contributed by atoms with van der Waals surface area (Å²) in [5.74, 6) is -0.127. The van der Waals surface area contributed by atoms with Crippen LogP contribution >= 0.6 is 0 Å². The van der Waals surface area contributed by atoms with Crippen molar-refractivity contribution in [3.63, 3.8) is 0 Å². The lowest BCUT2D eigenvalue weighted by Gasteiger charge is -2.07. The Kier molecular flexibility index (Phi) is 3.62. The second kappa shape index (κ2) is 5.35. The van der Waals surface area contributed by atoms with Gasteiger partial charge in [0.2, 0.25) is 0 Å². The number of nitrogens with zero attached hydrogens (tertiary/aromatic N) is 2. The third-order valence-electron chi connectivity index (χ3n) is 2.67. The summed E-state index contributed by atoms with van der Waals surface area (Å²) in [4.78, 5) is 16.0. The SMILES string of the molecule is CCn1cc(N)cc1C(=O)NCc1cccnc1. The van der Waals surface area contributed by atoms with Gasteiger partial charge in [-0.3, -0.25) is 9.78 Å². The van der Waals surface area contributed by atoms with Crippen molar-refractivity contribution in [2.45, 2.75) is 20.0 Å². The molecule has 0 fully saturated rings. The van der Waals surface area contributed by atoms with E-state index in [1.807, 2.05) is 23.6 Å². The summed E-state index contributed by atoms with van der Waals surface area (Å²) in [6.45, 7) is 3.14. The fourth-order valence-electron chi connectivity index (χ4n) is 1.76. The Hall–Kier alpha value is -2.30. The number of pyridine rings is 1. The number of rotatable bonds is 4. The number of hydrogen-bond acceptors (Lipinski definition) is 3. The molecule has 0 atom stereocenters. The van der Waals surface area contributed by atoms with Gasteiger partial charge in [0.1, 0.15) is 5.69 Å². The molecule has 5 nitrogen and oxygen atoms in total. The molecule has 2 rings (SSSR count). The molecule has 0 aromatic carbocycles. The van der Waals surface area contributed by atoms with Crippen molar-refractivity contribution in [3.8, 4) is 0 Å². The zero-order valence-corrected chi connectivity index (χ0v) is 10.3. The van der Waals surface area contributed by atoms with Crippen LogP contribution < -0.4 is 11.1 Å². The third kappa shape index (κ3) is 2.68. The van der Waals surface area contributed by atoms with E-state index in [0.29, 0.717) is 24.5 Å². The first-order valence-corrected chi connectivity index (χ1v) is 5.83. The Balaban J connectivity index is 2.04. The van der Waals surface area contributed by atoms with Crippen LogP contribution in [0.1, 0.15) is 23.0 Å². The fourth-order valence-corrected chi connectivity index (χ4v) is 1.76. The quantitative estimate of drug-likeness (QED) is 0.854. The number of amides is 1. The molecule has 0 aliphatic heterocycles. The zero-order valence-electron chi connectivity index (χ0n) is 10.3. The lowest BCUT2D eigenvalue weighted by Crippen LogP contribution is -2.25. The Bertz CT molecular complexity index is 533. The van der Waals surface area contributed by atoms with E-state index >= 15 is 0 Å². The Morgan fingerprint density at radius 2 is 2.39 bits per heavy atom. The molecule has 0 spiro atoms. The molecular weight excluding hydrogens is 228 g/mol. The highest BCUT2D eigenvalue weighted by molar-refractivity contribution is 5.93. The fraction of sp³-hybridized carbons (Fsp3) is 0.231. The van der Waals surface area contributed by atoms with E-state index in [4.69, 9.17) is 5.73 Å². The van der Waals surface area contributed by atoms with Crippen molar-refractivity contribution < 1.29 is 4.79 Å². The first-order valence-electron chi connectivity index (χ1n) is 5.83. The van der Waals surface area contributed by atoms with E-state index in [9.17, 15) is 4.79 Å². The van der Waals surface area contributed by atoms with Crippen LogP contribution in [0.2, 0.25) is 0 Å². The normalized spacial score (nSPS) is 10.3. The van der Waals surface area contributed by atoms with Crippen LogP contribution in [0.25, 0.3) is 0 Å². The van der Waals surface area contributed by atoms with Crippen LogP contribution in [0, 0.1) is 0 Å². The monoisotopic (exact) mass is 244 g/mol. The predicted octanol–water partition coefficient (Wildman–Crippen LogP) is 1.42. The topological polar surface area (TPSA) is 72.9 Å². The van der Waals surface area contributed by atoms with Gasteiger partial charge in [-0.1, -0.05) is 6.07 Å². The van der Waals surface area contributed by atoms with Gasteiger partial charge in [0.25, 0.3) is 5.91 Å². The van der Waals surface area contributed by atoms with Gasteiger partial charge in [-0.15, -0.1) is 0 Å². The number of anilines is 1. The highest BCUT2D eigenvalue weighted by atomic mass is 16.1. The van der Waals surface area contributed by atoms with Gasteiger partial charge in [0, 0.05) is 31.7 Å². The molecule has 2 heterocycles. The number of carbonyl (C=O) groups is 1. The molecule has 3 N–H and O–H groups in total. The molecule has 2 aromatic heterocycles. The molecule has 18 heavy (non-hydrogen) atoms. The predicted molar refractivity (Wildman–Crippen MR) is 69.9 cm³/mol. The molecule has 0 unspecified atom stereocenters. The van der Waals surface area contributed by atoms with Crippen molar-refractivity contribution in [1.82, 2.24) is 14.9 Å². The Morgan fingerprint density at radius 1 is 1.56 bits per heavy atom. The first-order chi connectivity index (χ1) is 8.70. The third-order valence-corrected chi connectivity index (χ3v) is 2.67. The minimum atomic E-state index is -0.127. The van der Waals surface area contributed by atoms with Crippen LogP contribution in [0.15, 0.2) is 36.8 Å². The van der Waals surface area contributed by atoms with Crippen molar-refractivity contribution in [2.24, 2.45) is 0 Å². The summed E-state index contributed by atoms with van der Waals surface area (Å²) in [6, 6.07) is 5.44. The van der Waals surface area contributed by atoms with Gasteiger partial charge in [-0.05, 0) is 24.6 Å². The van der Waals surface area contributed by atoms with Crippen LogP contribution in [0.3, 0.4) is 0 Å². The van der Waals surface area contributed by atoms with Crippen LogP contribution in [0.5, 0.6) is 0 Å². The van der Waals surface area contributed by atoms with Crippen molar-refractivity contribution in [3.05, 3.63) is 48.0 Å². The molecule has 0 radical (unpaired) electrons. The van der Waals surface area contributed by atoms with Crippen LogP contribution in [-0.4, -0.2) is 15.5 Å². The number of carbonyl (C=O) groups excluding carboxylic acids is 1. The standard InChI is InChI=1S/C13H16N4O/c1-2-17-9-11(14)6-12(17)13(18)16-8-10-4-3-5-15-7-10/h3-7,9H,2,8,14H2,1H3,(H,16,18). The number of hydrogen-bond donors (Lipinski definition) is 2. The van der Waals surface area contributed by atoms with Crippen LogP contribution in [-0.2, 0) is 13.1 Å². The van der Waals surface area contributed by atoms with E-state index in [2.05, 4.69) is 10.3 Å². The Morgan fingerprint density at radius 3 is 3.06 bits per heavy atom. The molecule has 94 valence electrons. The number of nitrogens with one attached hydrogen (secondary N) is 1. The van der Waals surface area contributed by atoms with E-state index in [-0.39, 0.29) is 5.91 Å². The van der Waals surface area contributed by atoms with Crippen molar-refractivity contribution >= 4 is 11.6 Å². The summed E-state index contributed by atoms with van der Waals surface area (Å²) in [5, 5.41) is 2.85. The zero-order chi connectivity index (χ0) is 13.0. The van der Waals surface area contributed by atoms with E-state index in [0.717, 1.165) is 5.56 Å². The summed E-state index contributed by atoms with van der Waals surface area (Å²) < 4.78 is 1.83. The number of nitrogens with two attached hydrogens (primary N) is 1. The van der Waals surface area contributed by atoms with Gasteiger partial charge < -0.3 is 15.6 Å². The first kappa shape index (κ1) is 12.2.